The fourth-order valence-corrected chi connectivity index (χ4v) is 3.45. The highest BCUT2D eigenvalue weighted by Crippen LogP contribution is 2.22. The van der Waals surface area contributed by atoms with Crippen molar-refractivity contribution in [3.63, 3.8) is 0 Å². The van der Waals surface area contributed by atoms with Crippen molar-refractivity contribution in [2.75, 3.05) is 24.5 Å². The first-order valence-electron chi connectivity index (χ1n) is 8.99. The van der Waals surface area contributed by atoms with E-state index in [0.717, 1.165) is 37.5 Å². The SMILES string of the molecule is c1cc(N2CCC(NCCc3ccco3)CC2)cc(-n2cccn2)c1. The molecule has 1 aromatic carbocycles. The Morgan fingerprint density at radius 1 is 1.08 bits per heavy atom. The van der Waals surface area contributed by atoms with Crippen LogP contribution in [0, 0.1) is 0 Å². The van der Waals surface area contributed by atoms with Crippen molar-refractivity contribution >= 4 is 5.69 Å². The molecule has 0 radical (unpaired) electrons. The van der Waals surface area contributed by atoms with Crippen LogP contribution in [0.4, 0.5) is 5.69 Å². The summed E-state index contributed by atoms with van der Waals surface area (Å²) in [5.41, 5.74) is 2.39. The van der Waals surface area contributed by atoms with E-state index in [-0.39, 0.29) is 0 Å². The molecule has 1 N–H and O–H groups in total. The molecule has 0 bridgehead atoms. The zero-order valence-corrected chi connectivity index (χ0v) is 14.3. The maximum atomic E-state index is 5.38. The van der Waals surface area contributed by atoms with Gasteiger partial charge in [0.2, 0.25) is 0 Å². The second-order valence-electron chi connectivity index (χ2n) is 6.52. The largest absolute Gasteiger partial charge is 0.469 e. The summed E-state index contributed by atoms with van der Waals surface area (Å²) in [7, 11) is 0. The maximum absolute atomic E-state index is 5.38. The molecule has 130 valence electrons. The third kappa shape index (κ3) is 3.94. The monoisotopic (exact) mass is 336 g/mol. The summed E-state index contributed by atoms with van der Waals surface area (Å²) in [6, 6.07) is 15.2. The summed E-state index contributed by atoms with van der Waals surface area (Å²) >= 11 is 0. The molecule has 4 rings (SSSR count). The summed E-state index contributed by atoms with van der Waals surface area (Å²) in [6.45, 7) is 3.15. The Balaban J connectivity index is 1.29. The van der Waals surface area contributed by atoms with Crippen molar-refractivity contribution in [2.45, 2.75) is 25.3 Å². The van der Waals surface area contributed by atoms with Gasteiger partial charge < -0.3 is 14.6 Å². The molecule has 1 saturated heterocycles. The van der Waals surface area contributed by atoms with Crippen molar-refractivity contribution in [2.24, 2.45) is 0 Å². The van der Waals surface area contributed by atoms with Crippen LogP contribution < -0.4 is 10.2 Å². The first kappa shape index (κ1) is 16.0. The predicted molar refractivity (Wildman–Crippen MR) is 99.2 cm³/mol. The molecule has 0 aliphatic carbocycles. The highest BCUT2D eigenvalue weighted by molar-refractivity contribution is 5.53. The molecule has 0 amide bonds. The molecule has 25 heavy (non-hydrogen) atoms. The van der Waals surface area contributed by atoms with Crippen LogP contribution in [-0.4, -0.2) is 35.5 Å². The minimum Gasteiger partial charge on any atom is -0.469 e. The topological polar surface area (TPSA) is 46.2 Å². The van der Waals surface area contributed by atoms with Crippen LogP contribution in [0.3, 0.4) is 0 Å². The predicted octanol–water partition coefficient (Wildman–Crippen LogP) is 3.27. The Labute approximate surface area is 148 Å². The van der Waals surface area contributed by atoms with Gasteiger partial charge in [-0.25, -0.2) is 4.68 Å². The van der Waals surface area contributed by atoms with Gasteiger partial charge >= 0.3 is 0 Å². The number of anilines is 1. The molecule has 0 spiro atoms. The number of aromatic nitrogens is 2. The second-order valence-corrected chi connectivity index (χ2v) is 6.52. The average molecular weight is 336 g/mol. The van der Waals surface area contributed by atoms with Crippen LogP contribution in [0.15, 0.2) is 65.5 Å². The van der Waals surface area contributed by atoms with Gasteiger partial charge in [-0.05, 0) is 49.2 Å². The van der Waals surface area contributed by atoms with E-state index in [9.17, 15) is 0 Å². The minimum absolute atomic E-state index is 0.598. The van der Waals surface area contributed by atoms with Gasteiger partial charge in [-0.3, -0.25) is 0 Å². The van der Waals surface area contributed by atoms with E-state index in [2.05, 4.69) is 39.6 Å². The lowest BCUT2D eigenvalue weighted by Gasteiger charge is -2.34. The van der Waals surface area contributed by atoms with Crippen LogP contribution in [0.2, 0.25) is 0 Å². The van der Waals surface area contributed by atoms with E-state index < -0.39 is 0 Å². The number of furan rings is 1. The fraction of sp³-hybridized carbons (Fsp3) is 0.350. The van der Waals surface area contributed by atoms with Crippen LogP contribution in [0.1, 0.15) is 18.6 Å². The Morgan fingerprint density at radius 3 is 2.72 bits per heavy atom. The number of nitrogens with one attached hydrogen (secondary N) is 1. The van der Waals surface area contributed by atoms with Gasteiger partial charge in [0, 0.05) is 50.2 Å². The van der Waals surface area contributed by atoms with Crippen molar-refractivity contribution in [1.29, 1.82) is 0 Å². The fourth-order valence-electron chi connectivity index (χ4n) is 3.45. The highest BCUT2D eigenvalue weighted by Gasteiger charge is 2.19. The summed E-state index contributed by atoms with van der Waals surface area (Å²) < 4.78 is 7.29. The summed E-state index contributed by atoms with van der Waals surface area (Å²) in [4.78, 5) is 2.47. The molecular weight excluding hydrogens is 312 g/mol. The summed E-state index contributed by atoms with van der Waals surface area (Å²) in [5.74, 6) is 1.06. The Bertz CT molecular complexity index is 759. The molecule has 5 nitrogen and oxygen atoms in total. The Hall–Kier alpha value is -2.53. The molecule has 1 fully saturated rings. The van der Waals surface area contributed by atoms with Gasteiger partial charge in [0.1, 0.15) is 5.76 Å². The first-order valence-corrected chi connectivity index (χ1v) is 8.99. The van der Waals surface area contributed by atoms with E-state index in [1.54, 1.807) is 6.26 Å². The summed E-state index contributed by atoms with van der Waals surface area (Å²) in [6.07, 6.45) is 8.83. The normalized spacial score (nSPS) is 15.6. The van der Waals surface area contributed by atoms with E-state index in [4.69, 9.17) is 4.42 Å². The molecule has 5 heteroatoms. The lowest BCUT2D eigenvalue weighted by Crippen LogP contribution is -2.43. The molecule has 3 heterocycles. The minimum atomic E-state index is 0.598. The smallest absolute Gasteiger partial charge is 0.105 e. The highest BCUT2D eigenvalue weighted by atomic mass is 16.3. The zero-order valence-electron chi connectivity index (χ0n) is 14.3. The Kier molecular flexibility index (Phi) is 4.84. The van der Waals surface area contributed by atoms with Gasteiger partial charge in [-0.2, -0.15) is 5.10 Å². The standard InChI is InChI=1S/C20H24N4O/c1-4-18(16-19(5-1)24-12-3-10-22-24)23-13-8-17(9-14-23)21-11-7-20-6-2-15-25-20/h1-6,10,12,15-17,21H,7-9,11,13-14H2. The average Bonchev–Trinajstić information content (AvgIpc) is 3.37. The molecule has 0 atom stereocenters. The second kappa shape index (κ2) is 7.57. The molecule has 2 aromatic heterocycles. The number of hydrogen-bond donors (Lipinski definition) is 1. The van der Waals surface area contributed by atoms with Crippen LogP contribution in [-0.2, 0) is 6.42 Å². The van der Waals surface area contributed by atoms with E-state index in [1.807, 2.05) is 35.3 Å². The molecular formula is C20H24N4O. The lowest BCUT2D eigenvalue weighted by atomic mass is 10.0. The third-order valence-corrected chi connectivity index (χ3v) is 4.84. The van der Waals surface area contributed by atoms with Crippen LogP contribution >= 0.6 is 0 Å². The number of rotatable bonds is 6. The van der Waals surface area contributed by atoms with Crippen LogP contribution in [0.5, 0.6) is 0 Å². The van der Waals surface area contributed by atoms with E-state index >= 15 is 0 Å². The van der Waals surface area contributed by atoms with Gasteiger partial charge in [-0.1, -0.05) is 6.07 Å². The number of nitrogens with zero attached hydrogens (tertiary/aromatic N) is 3. The summed E-state index contributed by atoms with van der Waals surface area (Å²) in [5, 5.41) is 7.98. The first-order chi connectivity index (χ1) is 12.4. The van der Waals surface area contributed by atoms with Gasteiger partial charge in [-0.15, -0.1) is 0 Å². The maximum Gasteiger partial charge on any atom is 0.105 e. The third-order valence-electron chi connectivity index (χ3n) is 4.84. The zero-order chi connectivity index (χ0) is 16.9. The van der Waals surface area contributed by atoms with E-state index in [0.29, 0.717) is 6.04 Å². The molecule has 1 aliphatic rings. The van der Waals surface area contributed by atoms with Gasteiger partial charge in [0.05, 0.1) is 12.0 Å². The number of piperidine rings is 1. The molecule has 1 aliphatic heterocycles. The van der Waals surface area contributed by atoms with Crippen molar-refractivity contribution in [1.82, 2.24) is 15.1 Å². The van der Waals surface area contributed by atoms with Crippen molar-refractivity contribution in [3.8, 4) is 5.69 Å². The van der Waals surface area contributed by atoms with Gasteiger partial charge in [0.15, 0.2) is 0 Å². The Morgan fingerprint density at radius 2 is 1.96 bits per heavy atom. The van der Waals surface area contributed by atoms with Crippen LogP contribution in [0.25, 0.3) is 5.69 Å². The molecule has 0 unspecified atom stereocenters. The quantitative estimate of drug-likeness (QED) is 0.750. The van der Waals surface area contributed by atoms with Gasteiger partial charge in [0.25, 0.3) is 0 Å². The molecule has 3 aromatic rings. The number of benzene rings is 1. The van der Waals surface area contributed by atoms with E-state index in [1.165, 1.54) is 18.5 Å². The van der Waals surface area contributed by atoms with Crippen molar-refractivity contribution < 1.29 is 4.42 Å². The van der Waals surface area contributed by atoms with Crippen molar-refractivity contribution in [3.05, 3.63) is 66.9 Å². The number of hydrogen-bond acceptors (Lipinski definition) is 4. The lowest BCUT2D eigenvalue weighted by molar-refractivity contribution is 0.408. The molecule has 0 saturated carbocycles.